The van der Waals surface area contributed by atoms with Crippen molar-refractivity contribution in [2.75, 3.05) is 32.7 Å². The third kappa shape index (κ3) is 5.46. The zero-order valence-electron chi connectivity index (χ0n) is 23.5. The van der Waals surface area contributed by atoms with Crippen molar-refractivity contribution in [2.45, 2.75) is 50.3 Å². The SMILES string of the molecule is CNC(=O)Nc1ccc2c(c1)CC(=O)[C@]21OCN(CC(=O)N(Cc2ccc(F)cc2)[C@H]2CCC[C@H](C(=O)OC)C2)C1=O. The number of urea groups is 1. The van der Waals surface area contributed by atoms with E-state index < -0.39 is 29.1 Å². The molecule has 4 amide bonds. The second-order valence-electron chi connectivity index (χ2n) is 10.8. The van der Waals surface area contributed by atoms with Crippen LogP contribution in [0.1, 0.15) is 42.4 Å². The summed E-state index contributed by atoms with van der Waals surface area (Å²) >= 11 is 0. The zero-order chi connectivity index (χ0) is 30.0. The highest BCUT2D eigenvalue weighted by molar-refractivity contribution is 6.15. The van der Waals surface area contributed by atoms with Gasteiger partial charge in [0.25, 0.3) is 5.91 Å². The number of halogens is 1. The summed E-state index contributed by atoms with van der Waals surface area (Å²) in [7, 11) is 2.82. The van der Waals surface area contributed by atoms with E-state index in [1.165, 1.54) is 31.2 Å². The molecule has 1 saturated heterocycles. The van der Waals surface area contributed by atoms with Crippen molar-refractivity contribution >= 4 is 35.3 Å². The van der Waals surface area contributed by atoms with Gasteiger partial charge >= 0.3 is 12.0 Å². The van der Waals surface area contributed by atoms with Crippen molar-refractivity contribution in [3.8, 4) is 0 Å². The van der Waals surface area contributed by atoms with Crippen LogP contribution in [0.15, 0.2) is 42.5 Å². The average Bonchev–Trinajstić information content (AvgIpc) is 3.47. The van der Waals surface area contributed by atoms with Crippen LogP contribution in [-0.2, 0) is 47.2 Å². The fourth-order valence-corrected chi connectivity index (χ4v) is 6.12. The molecule has 12 heteroatoms. The predicted molar refractivity (Wildman–Crippen MR) is 147 cm³/mol. The number of hydrogen-bond donors (Lipinski definition) is 2. The lowest BCUT2D eigenvalue weighted by Crippen LogP contribution is -2.49. The Morgan fingerprint density at radius 3 is 2.62 bits per heavy atom. The summed E-state index contributed by atoms with van der Waals surface area (Å²) in [4.78, 5) is 67.7. The molecule has 0 bridgehead atoms. The van der Waals surface area contributed by atoms with Crippen molar-refractivity contribution in [1.82, 2.24) is 15.1 Å². The maximum Gasteiger partial charge on any atom is 0.318 e. The van der Waals surface area contributed by atoms with Gasteiger partial charge in [-0.05, 0) is 54.7 Å². The van der Waals surface area contributed by atoms with Crippen molar-refractivity contribution < 1.29 is 37.8 Å². The van der Waals surface area contributed by atoms with E-state index in [0.717, 1.165) is 0 Å². The molecule has 5 rings (SSSR count). The molecule has 2 aliphatic carbocycles. The van der Waals surface area contributed by atoms with Gasteiger partial charge in [0.2, 0.25) is 11.5 Å². The van der Waals surface area contributed by atoms with Crippen molar-refractivity contribution in [2.24, 2.45) is 5.92 Å². The van der Waals surface area contributed by atoms with E-state index in [1.807, 2.05) is 0 Å². The number of carbonyl (C=O) groups excluding carboxylic acids is 5. The number of ether oxygens (including phenoxy) is 2. The third-order valence-electron chi connectivity index (χ3n) is 8.27. The Kier molecular flexibility index (Phi) is 8.26. The van der Waals surface area contributed by atoms with Crippen LogP contribution in [0.5, 0.6) is 0 Å². The Balaban J connectivity index is 1.36. The van der Waals surface area contributed by atoms with Crippen LogP contribution in [0.3, 0.4) is 0 Å². The van der Waals surface area contributed by atoms with Crippen LogP contribution in [0.25, 0.3) is 0 Å². The lowest BCUT2D eigenvalue weighted by Gasteiger charge is -2.37. The lowest BCUT2D eigenvalue weighted by molar-refractivity contribution is -0.150. The minimum absolute atomic E-state index is 0.0557. The molecule has 1 spiro atoms. The van der Waals surface area contributed by atoms with E-state index in [-0.39, 0.29) is 50.1 Å². The van der Waals surface area contributed by atoms with Crippen molar-refractivity contribution in [1.29, 1.82) is 0 Å². The van der Waals surface area contributed by atoms with Crippen LogP contribution in [0.4, 0.5) is 14.9 Å². The number of hydrogen-bond acceptors (Lipinski definition) is 7. The largest absolute Gasteiger partial charge is 0.469 e. The van der Waals surface area contributed by atoms with Gasteiger partial charge in [0.05, 0.1) is 13.0 Å². The van der Waals surface area contributed by atoms with Crippen LogP contribution in [-0.4, -0.2) is 72.9 Å². The fourth-order valence-electron chi connectivity index (χ4n) is 6.12. The number of esters is 1. The highest BCUT2D eigenvalue weighted by Gasteiger charge is 2.59. The summed E-state index contributed by atoms with van der Waals surface area (Å²) in [5, 5.41) is 5.10. The van der Waals surface area contributed by atoms with Gasteiger partial charge in [-0.1, -0.05) is 24.6 Å². The molecule has 42 heavy (non-hydrogen) atoms. The Morgan fingerprint density at radius 2 is 1.90 bits per heavy atom. The zero-order valence-corrected chi connectivity index (χ0v) is 23.5. The number of rotatable bonds is 7. The predicted octanol–water partition coefficient (Wildman–Crippen LogP) is 2.47. The van der Waals surface area contributed by atoms with Gasteiger partial charge in [-0.15, -0.1) is 0 Å². The second kappa shape index (κ2) is 11.9. The number of carbonyl (C=O) groups is 5. The summed E-state index contributed by atoms with van der Waals surface area (Å²) in [6, 6.07) is 9.91. The molecule has 2 N–H and O–H groups in total. The maximum absolute atomic E-state index is 13.8. The third-order valence-corrected chi connectivity index (χ3v) is 8.27. The molecular formula is C30H33FN4O7. The van der Waals surface area contributed by atoms with E-state index >= 15 is 0 Å². The van der Waals surface area contributed by atoms with Crippen LogP contribution in [0.2, 0.25) is 0 Å². The van der Waals surface area contributed by atoms with Crippen molar-refractivity contribution in [3.63, 3.8) is 0 Å². The van der Waals surface area contributed by atoms with E-state index in [9.17, 15) is 28.4 Å². The van der Waals surface area contributed by atoms with E-state index in [0.29, 0.717) is 48.1 Å². The van der Waals surface area contributed by atoms with Gasteiger partial charge in [-0.25, -0.2) is 9.18 Å². The molecule has 0 radical (unpaired) electrons. The van der Waals surface area contributed by atoms with Gasteiger partial charge in [0.15, 0.2) is 5.78 Å². The number of benzene rings is 2. The van der Waals surface area contributed by atoms with E-state index in [1.54, 1.807) is 35.2 Å². The number of Topliss-reactive ketones (excluding diaryl/α,β-unsaturated/α-hetero) is 1. The minimum Gasteiger partial charge on any atom is -0.469 e. The number of ketones is 1. The molecule has 2 aromatic rings. The normalized spacial score (nSPS) is 23.1. The molecule has 11 nitrogen and oxygen atoms in total. The Morgan fingerprint density at radius 1 is 1.14 bits per heavy atom. The molecule has 2 aromatic carbocycles. The maximum atomic E-state index is 13.8. The molecule has 1 aliphatic heterocycles. The molecule has 0 unspecified atom stereocenters. The quantitative estimate of drug-likeness (QED) is 0.380. The Hall–Kier alpha value is -4.32. The summed E-state index contributed by atoms with van der Waals surface area (Å²) < 4.78 is 24.4. The van der Waals surface area contributed by atoms with Crippen LogP contribution in [0, 0.1) is 11.7 Å². The lowest BCUT2D eigenvalue weighted by atomic mass is 9.84. The first-order valence-electron chi connectivity index (χ1n) is 13.9. The van der Waals surface area contributed by atoms with Gasteiger partial charge in [-0.2, -0.15) is 0 Å². The molecule has 222 valence electrons. The first kappa shape index (κ1) is 29.2. The Bertz CT molecular complexity index is 1410. The number of nitrogens with zero attached hydrogens (tertiary/aromatic N) is 2. The number of anilines is 1. The standard InChI is InChI=1S/C30H33FN4O7/c1-32-29(40)33-22-10-11-24-20(12-22)14-25(36)30(24)28(39)34(17-42-30)16-26(37)35(15-18-6-8-21(31)9-7-18)23-5-3-4-19(13-23)27(38)41-2/h6-12,19,23H,3-5,13-17H2,1-2H3,(H2,32,33,40)/t19-,23-,30+/m0/s1. The molecule has 3 aliphatic rings. The number of fused-ring (bicyclic) bond motifs is 2. The summed E-state index contributed by atoms with van der Waals surface area (Å²) in [5.41, 5.74) is 0.274. The van der Waals surface area contributed by atoms with Gasteiger partial charge in [-0.3, -0.25) is 19.2 Å². The molecule has 2 fully saturated rings. The summed E-state index contributed by atoms with van der Waals surface area (Å²) in [6.45, 7) is -0.428. The first-order valence-corrected chi connectivity index (χ1v) is 13.9. The van der Waals surface area contributed by atoms with E-state index in [2.05, 4.69) is 10.6 Å². The van der Waals surface area contributed by atoms with Crippen LogP contribution < -0.4 is 10.6 Å². The number of amides is 4. The average molecular weight is 581 g/mol. The Labute approximate surface area is 242 Å². The topological polar surface area (TPSA) is 134 Å². The highest BCUT2D eigenvalue weighted by atomic mass is 19.1. The first-order chi connectivity index (χ1) is 20.2. The molecule has 1 saturated carbocycles. The molecule has 1 heterocycles. The van der Waals surface area contributed by atoms with Crippen LogP contribution >= 0.6 is 0 Å². The van der Waals surface area contributed by atoms with Crippen molar-refractivity contribution in [3.05, 3.63) is 65.0 Å². The van der Waals surface area contributed by atoms with Gasteiger partial charge in [0.1, 0.15) is 19.1 Å². The van der Waals surface area contributed by atoms with Gasteiger partial charge < -0.3 is 29.9 Å². The molecular weight excluding hydrogens is 547 g/mol. The second-order valence-corrected chi connectivity index (χ2v) is 10.8. The summed E-state index contributed by atoms with van der Waals surface area (Å²) in [6.07, 6.45) is 2.39. The van der Waals surface area contributed by atoms with E-state index in [4.69, 9.17) is 9.47 Å². The van der Waals surface area contributed by atoms with Gasteiger partial charge in [0, 0.05) is 37.3 Å². The monoisotopic (exact) mass is 580 g/mol. The number of methoxy groups -OCH3 is 1. The highest BCUT2D eigenvalue weighted by Crippen LogP contribution is 2.43. The summed E-state index contributed by atoms with van der Waals surface area (Å²) in [5.74, 6) is -2.52. The number of nitrogens with one attached hydrogen (secondary N) is 2. The minimum atomic E-state index is -1.84. The molecule has 0 aromatic heterocycles. The molecule has 3 atom stereocenters. The smallest absolute Gasteiger partial charge is 0.318 e. The fraction of sp³-hybridized carbons (Fsp3) is 0.433.